The van der Waals surface area contributed by atoms with Gasteiger partial charge in [-0.2, -0.15) is 0 Å². The van der Waals surface area contributed by atoms with Gasteiger partial charge < -0.3 is 0 Å². The number of rotatable bonds is 2. The third-order valence-corrected chi connectivity index (χ3v) is 3.16. The van der Waals surface area contributed by atoms with Crippen molar-refractivity contribution in [1.82, 2.24) is 4.90 Å². The van der Waals surface area contributed by atoms with Gasteiger partial charge in [-0.3, -0.25) is 4.90 Å². The second-order valence-corrected chi connectivity index (χ2v) is 5.26. The number of hydrogen-bond donors (Lipinski definition) is 0. The van der Waals surface area contributed by atoms with Crippen LogP contribution in [0.25, 0.3) is 0 Å². The van der Waals surface area contributed by atoms with Crippen LogP contribution in [-0.2, 0) is 6.54 Å². The minimum Gasteiger partial charge on any atom is -0.299 e. The third-order valence-electron chi connectivity index (χ3n) is 3.16. The van der Waals surface area contributed by atoms with Gasteiger partial charge in [-0.05, 0) is 36.9 Å². The molecule has 1 heterocycles. The van der Waals surface area contributed by atoms with Gasteiger partial charge >= 0.3 is 0 Å². The van der Waals surface area contributed by atoms with E-state index in [-0.39, 0.29) is 0 Å². The van der Waals surface area contributed by atoms with Crippen LogP contribution in [0.1, 0.15) is 44.7 Å². The third kappa shape index (κ3) is 4.91. The lowest BCUT2D eigenvalue weighted by Gasteiger charge is -2.16. The maximum atomic E-state index is 2.56. The average Bonchev–Trinajstić information content (AvgIpc) is 2.69. The Kier molecular flexibility index (Phi) is 6.28. The molecule has 1 aromatic carbocycles. The summed E-state index contributed by atoms with van der Waals surface area (Å²) in [4.78, 5) is 2.56. The van der Waals surface area contributed by atoms with Crippen molar-refractivity contribution >= 4 is 0 Å². The highest BCUT2D eigenvalue weighted by Crippen LogP contribution is 2.19. The summed E-state index contributed by atoms with van der Waals surface area (Å²) in [6.07, 6.45) is 2.62. The topological polar surface area (TPSA) is 3.24 Å². The number of aryl methyl sites for hydroxylation is 1. The molecule has 0 radical (unpaired) electrons. The molecule has 1 aliphatic rings. The van der Waals surface area contributed by atoms with E-state index in [1.165, 1.54) is 37.1 Å². The SMILES string of the molecule is CCC.Cc1ccccc1CN1CCC(C)C1. The van der Waals surface area contributed by atoms with Crippen molar-refractivity contribution in [1.29, 1.82) is 0 Å². The van der Waals surface area contributed by atoms with Gasteiger partial charge in [0.25, 0.3) is 0 Å². The summed E-state index contributed by atoms with van der Waals surface area (Å²) in [6.45, 7) is 12.5. The van der Waals surface area contributed by atoms with Gasteiger partial charge in [0.05, 0.1) is 0 Å². The lowest BCUT2D eigenvalue weighted by atomic mass is 10.1. The summed E-state index contributed by atoms with van der Waals surface area (Å²) in [5.74, 6) is 0.888. The maximum absolute atomic E-state index is 2.56. The van der Waals surface area contributed by atoms with Crippen molar-refractivity contribution in [2.75, 3.05) is 13.1 Å². The molecule has 1 atom stereocenters. The first kappa shape index (κ1) is 14.2. The molecule has 1 fully saturated rings. The Morgan fingerprint density at radius 2 is 1.88 bits per heavy atom. The first-order valence-electron chi connectivity index (χ1n) is 6.94. The van der Waals surface area contributed by atoms with Crippen LogP contribution in [-0.4, -0.2) is 18.0 Å². The number of hydrogen-bond acceptors (Lipinski definition) is 1. The first-order valence-corrected chi connectivity index (χ1v) is 6.94. The molecular weight excluding hydrogens is 206 g/mol. The van der Waals surface area contributed by atoms with Gasteiger partial charge in [0.1, 0.15) is 0 Å². The van der Waals surface area contributed by atoms with Gasteiger partial charge in [0.2, 0.25) is 0 Å². The van der Waals surface area contributed by atoms with E-state index in [1.807, 2.05) is 0 Å². The minimum atomic E-state index is 0.888. The molecule has 0 N–H and O–H groups in total. The van der Waals surface area contributed by atoms with Gasteiger partial charge in [-0.1, -0.05) is 51.5 Å². The van der Waals surface area contributed by atoms with E-state index in [0.717, 1.165) is 12.5 Å². The fourth-order valence-corrected chi connectivity index (χ4v) is 2.20. The van der Waals surface area contributed by atoms with Crippen LogP contribution in [0.2, 0.25) is 0 Å². The Labute approximate surface area is 107 Å². The summed E-state index contributed by atoms with van der Waals surface area (Å²) >= 11 is 0. The molecule has 0 spiro atoms. The summed E-state index contributed by atoms with van der Waals surface area (Å²) < 4.78 is 0. The monoisotopic (exact) mass is 233 g/mol. The summed E-state index contributed by atoms with van der Waals surface area (Å²) in [6, 6.07) is 8.71. The highest BCUT2D eigenvalue weighted by molar-refractivity contribution is 5.25. The van der Waals surface area contributed by atoms with E-state index >= 15 is 0 Å². The highest BCUT2D eigenvalue weighted by atomic mass is 15.1. The molecule has 0 bridgehead atoms. The van der Waals surface area contributed by atoms with Crippen molar-refractivity contribution in [3.05, 3.63) is 35.4 Å². The predicted octanol–water partition coefficient (Wildman–Crippen LogP) is 4.25. The van der Waals surface area contributed by atoms with E-state index in [0.29, 0.717) is 0 Å². The Morgan fingerprint density at radius 1 is 1.24 bits per heavy atom. The molecule has 2 rings (SSSR count). The molecule has 1 aromatic rings. The zero-order chi connectivity index (χ0) is 12.7. The van der Waals surface area contributed by atoms with Crippen LogP contribution in [0.5, 0.6) is 0 Å². The van der Waals surface area contributed by atoms with Gasteiger partial charge in [-0.15, -0.1) is 0 Å². The van der Waals surface area contributed by atoms with Crippen LogP contribution < -0.4 is 0 Å². The molecule has 1 heteroatoms. The number of benzene rings is 1. The van der Waals surface area contributed by atoms with E-state index in [1.54, 1.807) is 0 Å². The normalized spacial score (nSPS) is 19.9. The van der Waals surface area contributed by atoms with Crippen LogP contribution in [0.3, 0.4) is 0 Å². The van der Waals surface area contributed by atoms with Gasteiger partial charge in [0, 0.05) is 13.1 Å². The molecule has 0 saturated carbocycles. The molecule has 1 nitrogen and oxygen atoms in total. The predicted molar refractivity (Wildman–Crippen MR) is 76.2 cm³/mol. The largest absolute Gasteiger partial charge is 0.299 e. The fraction of sp³-hybridized carbons (Fsp3) is 0.625. The number of likely N-dealkylation sites (tertiary alicyclic amines) is 1. The molecule has 0 aromatic heterocycles. The van der Waals surface area contributed by atoms with Crippen molar-refractivity contribution in [3.8, 4) is 0 Å². The van der Waals surface area contributed by atoms with E-state index < -0.39 is 0 Å². The summed E-state index contributed by atoms with van der Waals surface area (Å²) in [7, 11) is 0. The molecule has 1 unspecified atom stereocenters. The van der Waals surface area contributed by atoms with Crippen molar-refractivity contribution < 1.29 is 0 Å². The van der Waals surface area contributed by atoms with Crippen molar-refractivity contribution in [2.45, 2.75) is 47.1 Å². The van der Waals surface area contributed by atoms with E-state index in [2.05, 4.69) is 56.9 Å². The smallest absolute Gasteiger partial charge is 0.0236 e. The molecular formula is C16H27N. The standard InChI is InChI=1S/C13H19N.C3H8/c1-11-7-8-14(9-11)10-13-6-4-3-5-12(13)2;1-3-2/h3-6,11H,7-10H2,1-2H3;3H2,1-2H3. The van der Waals surface area contributed by atoms with E-state index in [4.69, 9.17) is 0 Å². The molecule has 1 aliphatic heterocycles. The highest BCUT2D eigenvalue weighted by Gasteiger charge is 2.18. The zero-order valence-corrected chi connectivity index (χ0v) is 11.9. The first-order chi connectivity index (χ1) is 8.17. The van der Waals surface area contributed by atoms with Crippen molar-refractivity contribution in [2.24, 2.45) is 5.92 Å². The molecule has 0 amide bonds. The van der Waals surface area contributed by atoms with Gasteiger partial charge in [0.15, 0.2) is 0 Å². The Bertz CT molecular complexity index is 319. The molecule has 1 saturated heterocycles. The Hall–Kier alpha value is -0.820. The van der Waals surface area contributed by atoms with Crippen LogP contribution in [0.15, 0.2) is 24.3 Å². The molecule has 17 heavy (non-hydrogen) atoms. The number of nitrogens with zero attached hydrogens (tertiary/aromatic N) is 1. The Balaban J connectivity index is 0.000000437. The lowest BCUT2D eigenvalue weighted by molar-refractivity contribution is 0.319. The molecule has 96 valence electrons. The maximum Gasteiger partial charge on any atom is 0.0236 e. The van der Waals surface area contributed by atoms with Crippen molar-refractivity contribution in [3.63, 3.8) is 0 Å². The lowest BCUT2D eigenvalue weighted by Crippen LogP contribution is -2.20. The van der Waals surface area contributed by atoms with Crippen LogP contribution in [0, 0.1) is 12.8 Å². The second kappa shape index (κ2) is 7.50. The molecule has 0 aliphatic carbocycles. The second-order valence-electron chi connectivity index (χ2n) is 5.26. The average molecular weight is 233 g/mol. The quantitative estimate of drug-likeness (QED) is 0.738. The van der Waals surface area contributed by atoms with Crippen LogP contribution in [0.4, 0.5) is 0 Å². The summed E-state index contributed by atoms with van der Waals surface area (Å²) in [5, 5.41) is 0. The Morgan fingerprint density at radius 3 is 2.41 bits per heavy atom. The fourth-order valence-electron chi connectivity index (χ4n) is 2.20. The minimum absolute atomic E-state index is 0.888. The van der Waals surface area contributed by atoms with Crippen LogP contribution >= 0.6 is 0 Å². The van der Waals surface area contributed by atoms with E-state index in [9.17, 15) is 0 Å². The van der Waals surface area contributed by atoms with Gasteiger partial charge in [-0.25, -0.2) is 0 Å². The zero-order valence-electron chi connectivity index (χ0n) is 11.9. The summed E-state index contributed by atoms with van der Waals surface area (Å²) in [5.41, 5.74) is 2.91.